The molecule has 0 saturated carbocycles. The van der Waals surface area contributed by atoms with E-state index in [1.165, 1.54) is 0 Å². The Balaban J connectivity index is 1.22. The van der Waals surface area contributed by atoms with Crippen molar-refractivity contribution in [3.63, 3.8) is 0 Å². The van der Waals surface area contributed by atoms with Crippen LogP contribution < -0.4 is 9.64 Å². The standard InChI is InChI=1S/C34H36ClF3N8O2/c35-23-11-25-21(14-40-43-25)27-20(23)3-1-4-24(37)32(47)46-10-6-18-5-9-44(16-26(18)46)31-22-13-39-30(27)28(38)29(22)41-33(42-31)48-17-34-7-2-8-45(34)15-19(36)12-34/h11,13-14,18-19,24,26H,1-10,12,15-17H2,(H,40,43)/t18-,19+,24+,26-,34-/m0/s1. The fraction of sp³-hybridized carbons (Fsp3) is 0.559. The van der Waals surface area contributed by atoms with Crippen LogP contribution in [0.1, 0.15) is 50.5 Å². The molecule has 0 aliphatic carbocycles. The molecule has 0 spiro atoms. The molecule has 4 aromatic rings. The van der Waals surface area contributed by atoms with Crippen molar-refractivity contribution in [1.82, 2.24) is 34.9 Å². The predicted octanol–water partition coefficient (Wildman–Crippen LogP) is 5.42. The van der Waals surface area contributed by atoms with Gasteiger partial charge in [-0.2, -0.15) is 15.1 Å². The van der Waals surface area contributed by atoms with E-state index in [0.717, 1.165) is 32.2 Å². The number of benzene rings is 1. The Morgan fingerprint density at radius 2 is 1.94 bits per heavy atom. The molecule has 1 aromatic carbocycles. The third-order valence-electron chi connectivity index (χ3n) is 11.5. The molecule has 0 unspecified atom stereocenters. The van der Waals surface area contributed by atoms with Crippen molar-refractivity contribution in [3.8, 4) is 17.3 Å². The normalized spacial score (nSPS) is 29.0. The van der Waals surface area contributed by atoms with Crippen LogP contribution in [0.5, 0.6) is 6.01 Å². The van der Waals surface area contributed by atoms with Crippen molar-refractivity contribution >= 4 is 45.1 Å². The van der Waals surface area contributed by atoms with E-state index < -0.39 is 29.6 Å². The Bertz CT molecular complexity index is 1940. The molecule has 1 amide bonds. The van der Waals surface area contributed by atoms with Crippen molar-refractivity contribution in [1.29, 1.82) is 0 Å². The maximum Gasteiger partial charge on any atom is 0.319 e. The fourth-order valence-corrected chi connectivity index (χ4v) is 9.43. The van der Waals surface area contributed by atoms with Gasteiger partial charge in [0.25, 0.3) is 5.91 Å². The monoisotopic (exact) mass is 680 g/mol. The Morgan fingerprint density at radius 3 is 2.83 bits per heavy atom. The summed E-state index contributed by atoms with van der Waals surface area (Å²) in [4.78, 5) is 33.5. The number of halogens is 4. The molecule has 4 saturated heterocycles. The van der Waals surface area contributed by atoms with Gasteiger partial charge in [-0.1, -0.05) is 11.6 Å². The van der Waals surface area contributed by atoms with E-state index in [9.17, 15) is 9.18 Å². The number of aromatic nitrogens is 5. The quantitative estimate of drug-likeness (QED) is 0.306. The molecule has 14 heteroatoms. The molecule has 5 atom stereocenters. The summed E-state index contributed by atoms with van der Waals surface area (Å²) in [6.45, 7) is 2.93. The first kappa shape index (κ1) is 30.4. The predicted molar refractivity (Wildman–Crippen MR) is 174 cm³/mol. The van der Waals surface area contributed by atoms with Crippen molar-refractivity contribution < 1.29 is 22.7 Å². The number of carbonyl (C=O) groups excluding carboxylic acids is 1. The van der Waals surface area contributed by atoms with Crippen molar-refractivity contribution in [2.75, 3.05) is 44.2 Å². The largest absolute Gasteiger partial charge is 0.461 e. The second-order valence-corrected chi connectivity index (χ2v) is 14.6. The highest BCUT2D eigenvalue weighted by atomic mass is 35.5. The lowest BCUT2D eigenvalue weighted by Crippen LogP contribution is -2.52. The Labute approximate surface area is 280 Å². The number of nitrogens with zero attached hydrogens (tertiary/aromatic N) is 7. The molecule has 3 aromatic heterocycles. The van der Waals surface area contributed by atoms with Crippen LogP contribution in [-0.4, -0.2) is 104 Å². The van der Waals surface area contributed by atoms with E-state index in [-0.39, 0.29) is 42.2 Å². The first-order valence-electron chi connectivity index (χ1n) is 17.0. The van der Waals surface area contributed by atoms with Crippen LogP contribution in [0.25, 0.3) is 33.1 Å². The second kappa shape index (κ2) is 11.4. The number of aromatic amines is 1. The van der Waals surface area contributed by atoms with Gasteiger partial charge in [0.2, 0.25) is 0 Å². The SMILES string of the molecule is O=C1[C@H](F)CCCc2c(Cl)cc3[nH]ncc3c2-c2ncc3c(nc(OC[C@@]45CCCN4C[C@H](F)C5)nc3c2F)N2CC[C@H]3CCN1[C@H]3C2. The molecule has 0 radical (unpaired) electrons. The zero-order valence-corrected chi connectivity index (χ0v) is 27.2. The summed E-state index contributed by atoms with van der Waals surface area (Å²) in [7, 11) is 0. The van der Waals surface area contributed by atoms with Gasteiger partial charge in [0, 0.05) is 54.8 Å². The Kier molecular flexibility index (Phi) is 7.23. The summed E-state index contributed by atoms with van der Waals surface area (Å²) in [5.41, 5.74) is 1.30. The summed E-state index contributed by atoms with van der Waals surface area (Å²) in [6.07, 6.45) is 5.01. The highest BCUT2D eigenvalue weighted by Crippen LogP contribution is 2.43. The van der Waals surface area contributed by atoms with Crippen molar-refractivity contribution in [3.05, 3.63) is 34.9 Å². The Morgan fingerprint density at radius 1 is 1.06 bits per heavy atom. The van der Waals surface area contributed by atoms with Gasteiger partial charge in [0.15, 0.2) is 12.0 Å². The minimum atomic E-state index is -1.65. The molecule has 4 fully saturated rings. The van der Waals surface area contributed by atoms with E-state index in [2.05, 4.69) is 25.1 Å². The number of anilines is 1. The average molecular weight is 681 g/mol. The maximum atomic E-state index is 17.1. The highest BCUT2D eigenvalue weighted by molar-refractivity contribution is 6.33. The van der Waals surface area contributed by atoms with Gasteiger partial charge < -0.3 is 14.5 Å². The summed E-state index contributed by atoms with van der Waals surface area (Å²) in [5, 5.41) is 8.48. The third-order valence-corrected chi connectivity index (χ3v) is 11.8. The highest BCUT2D eigenvalue weighted by Gasteiger charge is 2.49. The number of pyridine rings is 1. The number of nitrogens with one attached hydrogen (secondary N) is 1. The zero-order valence-electron chi connectivity index (χ0n) is 26.4. The topological polar surface area (TPSA) is 103 Å². The number of alkyl halides is 2. The number of carbonyl (C=O) groups is 1. The van der Waals surface area contributed by atoms with Gasteiger partial charge in [-0.3, -0.25) is 19.8 Å². The molecular formula is C34H36ClF3N8O2. The van der Waals surface area contributed by atoms with Gasteiger partial charge in [0.1, 0.15) is 29.8 Å². The number of rotatable bonds is 3. The summed E-state index contributed by atoms with van der Waals surface area (Å²) < 4.78 is 53.6. The lowest BCUT2D eigenvalue weighted by molar-refractivity contribution is -0.138. The molecule has 9 heterocycles. The van der Waals surface area contributed by atoms with Crippen LogP contribution in [0, 0.1) is 11.7 Å². The number of hydrogen-bond donors (Lipinski definition) is 1. The molecule has 48 heavy (non-hydrogen) atoms. The molecule has 1 N–H and O–H groups in total. The van der Waals surface area contributed by atoms with Crippen LogP contribution in [-0.2, 0) is 11.2 Å². The molecule has 6 aliphatic rings. The van der Waals surface area contributed by atoms with Crippen LogP contribution in [0.2, 0.25) is 5.02 Å². The number of fused-ring (bicyclic) bond motifs is 7. The van der Waals surface area contributed by atoms with E-state index in [1.54, 1.807) is 23.4 Å². The molecular weight excluding hydrogens is 645 g/mol. The summed E-state index contributed by atoms with van der Waals surface area (Å²) in [5.74, 6) is -0.442. The minimum absolute atomic E-state index is 0.00303. The smallest absolute Gasteiger partial charge is 0.319 e. The molecule has 252 valence electrons. The number of ether oxygens (including phenoxy) is 1. The number of amides is 1. The minimum Gasteiger partial charge on any atom is -0.461 e. The first-order chi connectivity index (χ1) is 23.3. The van der Waals surface area contributed by atoms with Crippen LogP contribution in [0.15, 0.2) is 18.5 Å². The van der Waals surface area contributed by atoms with Crippen LogP contribution >= 0.6 is 11.6 Å². The molecule has 6 bridgehead atoms. The average Bonchev–Trinajstić information content (AvgIpc) is 3.86. The van der Waals surface area contributed by atoms with Crippen LogP contribution in [0.4, 0.5) is 19.0 Å². The summed E-state index contributed by atoms with van der Waals surface area (Å²) >= 11 is 6.80. The van der Waals surface area contributed by atoms with Gasteiger partial charge in [-0.05, 0) is 69.0 Å². The van der Waals surface area contributed by atoms with E-state index in [1.807, 2.05) is 4.90 Å². The van der Waals surface area contributed by atoms with E-state index in [4.69, 9.17) is 21.3 Å². The van der Waals surface area contributed by atoms with Gasteiger partial charge in [-0.15, -0.1) is 0 Å². The lowest BCUT2D eigenvalue weighted by Gasteiger charge is -2.39. The first-order valence-corrected chi connectivity index (χ1v) is 17.4. The van der Waals surface area contributed by atoms with Gasteiger partial charge in [-0.25, -0.2) is 13.2 Å². The van der Waals surface area contributed by atoms with E-state index in [0.29, 0.717) is 83.7 Å². The van der Waals surface area contributed by atoms with Crippen LogP contribution in [0.3, 0.4) is 0 Å². The summed E-state index contributed by atoms with van der Waals surface area (Å²) in [6, 6.07) is 1.53. The number of hydrogen-bond acceptors (Lipinski definition) is 8. The molecule has 10 nitrogen and oxygen atoms in total. The third kappa shape index (κ3) is 4.74. The second-order valence-electron chi connectivity index (χ2n) is 14.2. The zero-order chi connectivity index (χ0) is 32.7. The molecule has 6 aliphatic heterocycles. The number of H-pyrrole nitrogens is 1. The van der Waals surface area contributed by atoms with Crippen molar-refractivity contribution in [2.45, 2.75) is 75.3 Å². The van der Waals surface area contributed by atoms with Crippen molar-refractivity contribution in [2.24, 2.45) is 5.92 Å². The fourth-order valence-electron chi connectivity index (χ4n) is 9.13. The van der Waals surface area contributed by atoms with E-state index >= 15 is 8.78 Å². The van der Waals surface area contributed by atoms with Gasteiger partial charge >= 0.3 is 6.01 Å². The number of piperidine rings is 1. The maximum absolute atomic E-state index is 17.1. The van der Waals surface area contributed by atoms with Gasteiger partial charge in [0.05, 0.1) is 28.7 Å². The molecule has 10 rings (SSSR count). The lowest BCUT2D eigenvalue weighted by atomic mass is 9.91. The Hall–Kier alpha value is -3.71.